The van der Waals surface area contributed by atoms with Crippen LogP contribution in [0.5, 0.6) is 5.75 Å². The maximum absolute atomic E-state index is 12.6. The fourth-order valence-electron chi connectivity index (χ4n) is 2.56. The summed E-state index contributed by atoms with van der Waals surface area (Å²) in [4.78, 5) is 20.0. The molecule has 0 unspecified atom stereocenters. The van der Waals surface area contributed by atoms with Crippen molar-refractivity contribution in [2.45, 2.75) is 6.61 Å². The Balaban J connectivity index is 1.96. The van der Waals surface area contributed by atoms with Crippen LogP contribution < -0.4 is 4.74 Å². The zero-order valence-corrected chi connectivity index (χ0v) is 14.2. The molecule has 26 heavy (non-hydrogen) atoms. The Morgan fingerprint density at radius 2 is 1.81 bits per heavy atom. The predicted octanol–water partition coefficient (Wildman–Crippen LogP) is 4.66. The maximum atomic E-state index is 12.6. The molecule has 3 rings (SSSR count). The van der Waals surface area contributed by atoms with Crippen molar-refractivity contribution in [1.82, 2.24) is 4.98 Å². The number of para-hydroxylation sites is 1. The van der Waals surface area contributed by atoms with Crippen molar-refractivity contribution < 1.29 is 14.3 Å². The summed E-state index contributed by atoms with van der Waals surface area (Å²) in [6.45, 7) is 7.35. The molecule has 0 bridgehead atoms. The van der Waals surface area contributed by atoms with Crippen LogP contribution in [0.25, 0.3) is 16.0 Å². The second-order valence-corrected chi connectivity index (χ2v) is 5.46. The van der Waals surface area contributed by atoms with Crippen LogP contribution in [0.1, 0.15) is 15.9 Å². The molecule has 0 spiro atoms. The van der Waals surface area contributed by atoms with E-state index in [0.29, 0.717) is 16.9 Å². The minimum atomic E-state index is -0.501. The van der Waals surface area contributed by atoms with Gasteiger partial charge in [-0.3, -0.25) is 0 Å². The molecular formula is C21H16N2O3. The van der Waals surface area contributed by atoms with Crippen LogP contribution in [0.2, 0.25) is 0 Å². The Labute approximate surface area is 151 Å². The number of hydrogen-bond acceptors (Lipinski definition) is 4. The van der Waals surface area contributed by atoms with Crippen molar-refractivity contribution in [2.24, 2.45) is 0 Å². The summed E-state index contributed by atoms with van der Waals surface area (Å²) in [7, 11) is 1.56. The highest BCUT2D eigenvalue weighted by Gasteiger charge is 2.19. The standard InChI is InChI=1S/C21H16N2O3/c1-22-20-12-17(16-10-6-7-11-19(16)25-2)18(13-23-20)21(24)26-14-15-8-4-3-5-9-15/h3-13H,14H2,2H3. The van der Waals surface area contributed by atoms with Gasteiger partial charge in [0.05, 0.1) is 7.11 Å². The van der Waals surface area contributed by atoms with E-state index in [2.05, 4.69) is 9.83 Å². The van der Waals surface area contributed by atoms with E-state index in [1.54, 1.807) is 19.2 Å². The summed E-state index contributed by atoms with van der Waals surface area (Å²) in [6, 6.07) is 18.3. The normalized spacial score (nSPS) is 10.0. The molecule has 1 heterocycles. The van der Waals surface area contributed by atoms with E-state index in [0.717, 1.165) is 5.56 Å². The lowest BCUT2D eigenvalue weighted by atomic mass is 10.0. The van der Waals surface area contributed by atoms with Gasteiger partial charge in [0.1, 0.15) is 24.1 Å². The van der Waals surface area contributed by atoms with E-state index in [1.807, 2.05) is 48.5 Å². The quantitative estimate of drug-likeness (QED) is 0.499. The molecule has 1 aromatic heterocycles. The number of nitrogens with zero attached hydrogens (tertiary/aromatic N) is 2. The fourth-order valence-corrected chi connectivity index (χ4v) is 2.56. The molecule has 3 aromatic rings. The van der Waals surface area contributed by atoms with E-state index < -0.39 is 5.97 Å². The number of pyridine rings is 1. The largest absolute Gasteiger partial charge is 0.496 e. The third-order valence-corrected chi connectivity index (χ3v) is 3.83. The summed E-state index contributed by atoms with van der Waals surface area (Å²) < 4.78 is 10.8. The van der Waals surface area contributed by atoms with Crippen LogP contribution in [0.4, 0.5) is 5.82 Å². The van der Waals surface area contributed by atoms with Crippen molar-refractivity contribution in [3.8, 4) is 16.9 Å². The topological polar surface area (TPSA) is 52.8 Å². The number of methoxy groups -OCH3 is 1. The fraction of sp³-hybridized carbons (Fsp3) is 0.0952. The molecule has 0 fully saturated rings. The molecule has 0 aliphatic rings. The van der Waals surface area contributed by atoms with Gasteiger partial charge in [0.25, 0.3) is 5.82 Å². The third-order valence-electron chi connectivity index (χ3n) is 3.83. The second kappa shape index (κ2) is 7.95. The number of carbonyl (C=O) groups is 1. The minimum Gasteiger partial charge on any atom is -0.496 e. The minimum absolute atomic E-state index is 0.162. The van der Waals surface area contributed by atoms with Crippen molar-refractivity contribution in [2.75, 3.05) is 7.11 Å². The number of benzene rings is 2. The molecule has 128 valence electrons. The van der Waals surface area contributed by atoms with Gasteiger partial charge in [-0.2, -0.15) is 0 Å². The molecule has 0 amide bonds. The highest BCUT2D eigenvalue weighted by molar-refractivity contribution is 5.98. The number of aromatic nitrogens is 1. The lowest BCUT2D eigenvalue weighted by Gasteiger charge is -2.12. The number of hydrogen-bond donors (Lipinski definition) is 0. The molecule has 5 heteroatoms. The Hall–Kier alpha value is -3.65. The van der Waals surface area contributed by atoms with Crippen LogP contribution in [0, 0.1) is 6.57 Å². The Morgan fingerprint density at radius 3 is 2.54 bits per heavy atom. The summed E-state index contributed by atoms with van der Waals surface area (Å²) >= 11 is 0. The average molecular weight is 344 g/mol. The first-order valence-corrected chi connectivity index (χ1v) is 7.95. The Kier molecular flexibility index (Phi) is 5.25. The predicted molar refractivity (Wildman–Crippen MR) is 98.0 cm³/mol. The monoisotopic (exact) mass is 344 g/mol. The molecular weight excluding hydrogens is 328 g/mol. The van der Waals surface area contributed by atoms with Crippen LogP contribution in [0.15, 0.2) is 66.9 Å². The van der Waals surface area contributed by atoms with Crippen LogP contribution in [-0.2, 0) is 11.3 Å². The van der Waals surface area contributed by atoms with Gasteiger partial charge in [0, 0.05) is 5.56 Å². The lowest BCUT2D eigenvalue weighted by Crippen LogP contribution is -2.08. The van der Waals surface area contributed by atoms with E-state index >= 15 is 0 Å². The van der Waals surface area contributed by atoms with E-state index in [9.17, 15) is 4.79 Å². The molecule has 5 nitrogen and oxygen atoms in total. The van der Waals surface area contributed by atoms with Gasteiger partial charge in [-0.15, -0.1) is 4.98 Å². The first kappa shape index (κ1) is 17.2. The summed E-state index contributed by atoms with van der Waals surface area (Å²) in [6.07, 6.45) is 1.38. The smallest absolute Gasteiger partial charge is 0.342 e. The number of ether oxygens (including phenoxy) is 2. The van der Waals surface area contributed by atoms with Crippen LogP contribution in [-0.4, -0.2) is 18.1 Å². The summed E-state index contributed by atoms with van der Waals surface area (Å²) in [5.41, 5.74) is 2.44. The maximum Gasteiger partial charge on any atom is 0.342 e. The van der Waals surface area contributed by atoms with Crippen LogP contribution in [0.3, 0.4) is 0 Å². The van der Waals surface area contributed by atoms with E-state index in [1.165, 1.54) is 6.20 Å². The molecule has 0 aliphatic heterocycles. The molecule has 0 radical (unpaired) electrons. The molecule has 2 aromatic carbocycles. The van der Waals surface area contributed by atoms with Gasteiger partial charge in [0.15, 0.2) is 0 Å². The molecule has 0 atom stereocenters. The highest BCUT2D eigenvalue weighted by atomic mass is 16.5. The molecule has 0 aliphatic carbocycles. The Bertz CT molecular complexity index is 962. The van der Waals surface area contributed by atoms with Crippen molar-refractivity contribution >= 4 is 11.8 Å². The zero-order valence-electron chi connectivity index (χ0n) is 14.2. The second-order valence-electron chi connectivity index (χ2n) is 5.46. The zero-order chi connectivity index (χ0) is 18.4. The summed E-state index contributed by atoms with van der Waals surface area (Å²) in [5, 5.41) is 0. The van der Waals surface area contributed by atoms with Gasteiger partial charge in [0.2, 0.25) is 0 Å². The van der Waals surface area contributed by atoms with Gasteiger partial charge >= 0.3 is 5.97 Å². The molecule has 0 N–H and O–H groups in total. The number of esters is 1. The van der Waals surface area contributed by atoms with E-state index in [-0.39, 0.29) is 18.0 Å². The van der Waals surface area contributed by atoms with Crippen molar-refractivity contribution in [1.29, 1.82) is 0 Å². The van der Waals surface area contributed by atoms with Crippen molar-refractivity contribution in [3.05, 3.63) is 89.4 Å². The SMILES string of the molecule is [C-]#[N+]c1cc(-c2ccccc2OC)c(C(=O)OCc2ccccc2)cn1. The first-order chi connectivity index (χ1) is 12.7. The third kappa shape index (κ3) is 3.70. The van der Waals surface area contributed by atoms with E-state index in [4.69, 9.17) is 16.0 Å². The van der Waals surface area contributed by atoms with Gasteiger partial charge in [-0.05, 0) is 23.3 Å². The number of carbonyl (C=O) groups excluding carboxylic acids is 1. The molecule has 0 saturated carbocycles. The van der Waals surface area contributed by atoms with Gasteiger partial charge in [-0.25, -0.2) is 4.79 Å². The highest BCUT2D eigenvalue weighted by Crippen LogP contribution is 2.34. The lowest BCUT2D eigenvalue weighted by molar-refractivity contribution is 0.0473. The average Bonchev–Trinajstić information content (AvgIpc) is 2.72. The summed E-state index contributed by atoms with van der Waals surface area (Å²) in [5.74, 6) is 0.302. The van der Waals surface area contributed by atoms with Crippen LogP contribution >= 0.6 is 0 Å². The Morgan fingerprint density at radius 1 is 1.08 bits per heavy atom. The van der Waals surface area contributed by atoms with Gasteiger partial charge < -0.3 is 14.3 Å². The molecule has 0 saturated heterocycles. The van der Waals surface area contributed by atoms with Crippen molar-refractivity contribution in [3.63, 3.8) is 0 Å². The number of rotatable bonds is 5. The van der Waals surface area contributed by atoms with Gasteiger partial charge in [-0.1, -0.05) is 55.1 Å². The first-order valence-electron chi connectivity index (χ1n) is 7.95.